The third-order valence-electron chi connectivity index (χ3n) is 3.24. The number of benzene rings is 1. The lowest BCUT2D eigenvalue weighted by Crippen LogP contribution is -2.33. The summed E-state index contributed by atoms with van der Waals surface area (Å²) in [7, 11) is 1.45. The van der Waals surface area contributed by atoms with Crippen molar-refractivity contribution in [1.29, 1.82) is 0 Å². The van der Waals surface area contributed by atoms with E-state index in [1.807, 2.05) is 6.92 Å². The van der Waals surface area contributed by atoms with Crippen molar-refractivity contribution in [3.63, 3.8) is 0 Å². The molecule has 3 N–H and O–H groups in total. The zero-order chi connectivity index (χ0) is 18.1. The lowest BCUT2D eigenvalue weighted by molar-refractivity contribution is -0.142. The molecule has 8 heteroatoms. The van der Waals surface area contributed by atoms with E-state index in [1.54, 1.807) is 0 Å². The third-order valence-corrected chi connectivity index (χ3v) is 3.54. The van der Waals surface area contributed by atoms with E-state index in [-0.39, 0.29) is 23.8 Å². The van der Waals surface area contributed by atoms with Gasteiger partial charge in [0.1, 0.15) is 5.75 Å². The second-order valence-corrected chi connectivity index (χ2v) is 5.45. The largest absolute Gasteiger partial charge is 0.495 e. The number of carbonyl (C=O) groups excluding carboxylic acids is 2. The van der Waals surface area contributed by atoms with Crippen molar-refractivity contribution in [2.24, 2.45) is 0 Å². The summed E-state index contributed by atoms with van der Waals surface area (Å²) in [6, 6.07) is 3.28. The van der Waals surface area contributed by atoms with Gasteiger partial charge in [0.25, 0.3) is 0 Å². The van der Waals surface area contributed by atoms with Gasteiger partial charge < -0.3 is 20.5 Å². The number of carbonyl (C=O) groups is 3. The molecule has 1 aromatic rings. The fourth-order valence-corrected chi connectivity index (χ4v) is 2.34. The summed E-state index contributed by atoms with van der Waals surface area (Å²) in [6.45, 7) is 2.34. The molecule has 0 aliphatic heterocycles. The summed E-state index contributed by atoms with van der Waals surface area (Å²) in [5.74, 6) is -1.37. The number of amides is 2. The molecule has 2 amide bonds. The second-order valence-electron chi connectivity index (χ2n) is 5.04. The van der Waals surface area contributed by atoms with Gasteiger partial charge in [-0.05, 0) is 31.0 Å². The number of halogens is 1. The van der Waals surface area contributed by atoms with E-state index >= 15 is 0 Å². The van der Waals surface area contributed by atoms with Crippen LogP contribution in [0.5, 0.6) is 5.75 Å². The van der Waals surface area contributed by atoms with Crippen molar-refractivity contribution in [2.45, 2.75) is 32.2 Å². The lowest BCUT2D eigenvalue weighted by atomic mass is 10.1. The first kappa shape index (κ1) is 19.8. The molecule has 0 heterocycles. The van der Waals surface area contributed by atoms with Gasteiger partial charge in [-0.2, -0.15) is 0 Å². The molecular weight excluding hydrogens is 336 g/mol. The second kappa shape index (κ2) is 9.77. The van der Waals surface area contributed by atoms with Crippen LogP contribution in [0, 0.1) is 0 Å². The molecule has 0 saturated carbocycles. The zero-order valence-electron chi connectivity index (χ0n) is 13.6. The van der Waals surface area contributed by atoms with Gasteiger partial charge in [-0.15, -0.1) is 0 Å². The summed E-state index contributed by atoms with van der Waals surface area (Å²) in [6.07, 6.45) is 0.617. The van der Waals surface area contributed by atoms with Crippen LogP contribution in [0.1, 0.15) is 37.8 Å². The van der Waals surface area contributed by atoms with Crippen LogP contribution in [0.4, 0.5) is 0 Å². The van der Waals surface area contributed by atoms with Crippen LogP contribution >= 0.6 is 11.6 Å². The highest BCUT2D eigenvalue weighted by Gasteiger charge is 2.23. The number of nitrogens with one attached hydrogen (secondary N) is 2. The van der Waals surface area contributed by atoms with Crippen molar-refractivity contribution >= 4 is 29.4 Å². The molecule has 0 spiro atoms. The third kappa shape index (κ3) is 6.08. The molecule has 1 rings (SSSR count). The highest BCUT2D eigenvalue weighted by molar-refractivity contribution is 6.32. The quantitative estimate of drug-likeness (QED) is 0.626. The number of hydrogen-bond donors (Lipinski definition) is 3. The Hall–Kier alpha value is -2.28. The van der Waals surface area contributed by atoms with Crippen LogP contribution < -0.4 is 15.4 Å². The summed E-state index contributed by atoms with van der Waals surface area (Å²) >= 11 is 5.99. The van der Waals surface area contributed by atoms with E-state index in [9.17, 15) is 19.5 Å². The van der Waals surface area contributed by atoms with E-state index in [0.29, 0.717) is 24.3 Å². The number of rotatable bonds is 9. The number of methoxy groups -OCH3 is 1. The summed E-state index contributed by atoms with van der Waals surface area (Å²) in [5, 5.41) is 14.6. The maximum atomic E-state index is 11.9. The summed E-state index contributed by atoms with van der Waals surface area (Å²) < 4.78 is 5.01. The van der Waals surface area contributed by atoms with Crippen molar-refractivity contribution < 1.29 is 24.2 Å². The van der Waals surface area contributed by atoms with E-state index in [4.69, 9.17) is 16.3 Å². The number of carboxylic acids is 1. The predicted molar refractivity (Wildman–Crippen MR) is 89.1 cm³/mol. The minimum atomic E-state index is -1.22. The van der Waals surface area contributed by atoms with Gasteiger partial charge in [0.2, 0.25) is 11.8 Å². The molecule has 0 fully saturated rings. The highest BCUT2D eigenvalue weighted by atomic mass is 35.5. The maximum Gasteiger partial charge on any atom is 0.330 e. The van der Waals surface area contributed by atoms with E-state index in [1.165, 1.54) is 25.3 Å². The minimum Gasteiger partial charge on any atom is -0.495 e. The van der Waals surface area contributed by atoms with Crippen LogP contribution in [0.2, 0.25) is 5.02 Å². The molecule has 7 nitrogen and oxygen atoms in total. The van der Waals surface area contributed by atoms with E-state index < -0.39 is 17.9 Å². The Kier molecular flexibility index (Phi) is 8.05. The van der Waals surface area contributed by atoms with Crippen LogP contribution in [0.15, 0.2) is 18.2 Å². The summed E-state index contributed by atoms with van der Waals surface area (Å²) in [4.78, 5) is 34.6. The predicted octanol–water partition coefficient (Wildman–Crippen LogP) is 1.90. The van der Waals surface area contributed by atoms with Gasteiger partial charge in [0, 0.05) is 19.4 Å². The SMILES string of the molecule is CCNC(=O)CCCC(=O)NC(C(=O)O)c1ccc(OC)c(Cl)c1. The lowest BCUT2D eigenvalue weighted by Gasteiger charge is -2.16. The van der Waals surface area contributed by atoms with Gasteiger partial charge in [-0.1, -0.05) is 17.7 Å². The number of ether oxygens (including phenoxy) is 1. The molecule has 1 aromatic carbocycles. The van der Waals surface area contributed by atoms with Crippen LogP contribution in [0.25, 0.3) is 0 Å². The first-order valence-electron chi connectivity index (χ1n) is 7.51. The Balaban J connectivity index is 2.66. The zero-order valence-corrected chi connectivity index (χ0v) is 14.4. The van der Waals surface area contributed by atoms with Crippen molar-refractivity contribution in [3.05, 3.63) is 28.8 Å². The van der Waals surface area contributed by atoms with E-state index in [2.05, 4.69) is 10.6 Å². The molecule has 0 aliphatic rings. The average Bonchev–Trinajstić information content (AvgIpc) is 2.52. The topological polar surface area (TPSA) is 105 Å². The average molecular weight is 357 g/mol. The molecule has 0 saturated heterocycles. The minimum absolute atomic E-state index is 0.0603. The Labute approximate surface area is 145 Å². The Morgan fingerprint density at radius 1 is 1.25 bits per heavy atom. The molecule has 132 valence electrons. The van der Waals surface area contributed by atoms with Gasteiger partial charge in [-0.25, -0.2) is 4.79 Å². The van der Waals surface area contributed by atoms with Gasteiger partial charge in [-0.3, -0.25) is 9.59 Å². The van der Waals surface area contributed by atoms with Crippen molar-refractivity contribution in [2.75, 3.05) is 13.7 Å². The molecule has 1 atom stereocenters. The molecule has 1 unspecified atom stereocenters. The van der Waals surface area contributed by atoms with Crippen molar-refractivity contribution in [1.82, 2.24) is 10.6 Å². The molecule has 24 heavy (non-hydrogen) atoms. The standard InChI is InChI=1S/C16H21ClN2O5/c1-3-18-13(20)5-4-6-14(21)19-15(16(22)23)10-7-8-12(24-2)11(17)9-10/h7-9,15H,3-6H2,1-2H3,(H,18,20)(H,19,21)(H,22,23). The molecule has 0 aliphatic carbocycles. The number of hydrogen-bond acceptors (Lipinski definition) is 4. The Bertz CT molecular complexity index is 606. The molecular formula is C16H21ClN2O5. The Morgan fingerprint density at radius 2 is 1.92 bits per heavy atom. The smallest absolute Gasteiger partial charge is 0.330 e. The first-order chi connectivity index (χ1) is 11.4. The molecule has 0 radical (unpaired) electrons. The van der Waals surface area contributed by atoms with Crippen LogP contribution in [0.3, 0.4) is 0 Å². The number of carboxylic acid groups (broad SMARTS) is 1. The van der Waals surface area contributed by atoms with Crippen LogP contribution in [-0.2, 0) is 14.4 Å². The van der Waals surface area contributed by atoms with Gasteiger partial charge in [0.05, 0.1) is 12.1 Å². The normalized spacial score (nSPS) is 11.5. The van der Waals surface area contributed by atoms with E-state index in [0.717, 1.165) is 0 Å². The maximum absolute atomic E-state index is 11.9. The monoisotopic (exact) mass is 356 g/mol. The molecule has 0 bridgehead atoms. The van der Waals surface area contributed by atoms with Gasteiger partial charge >= 0.3 is 5.97 Å². The summed E-state index contributed by atoms with van der Waals surface area (Å²) in [5.41, 5.74) is 0.338. The first-order valence-corrected chi connectivity index (χ1v) is 7.89. The van der Waals surface area contributed by atoms with Crippen LogP contribution in [-0.4, -0.2) is 36.5 Å². The highest BCUT2D eigenvalue weighted by Crippen LogP contribution is 2.27. The van der Waals surface area contributed by atoms with Crippen molar-refractivity contribution in [3.8, 4) is 5.75 Å². The molecule has 0 aromatic heterocycles. The number of aliphatic carboxylic acids is 1. The fraction of sp³-hybridized carbons (Fsp3) is 0.438. The van der Waals surface area contributed by atoms with Gasteiger partial charge in [0.15, 0.2) is 6.04 Å². The Morgan fingerprint density at radius 3 is 2.46 bits per heavy atom. The fourth-order valence-electron chi connectivity index (χ4n) is 2.08.